The van der Waals surface area contributed by atoms with E-state index in [-0.39, 0.29) is 11.5 Å². The molecular weight excluding hydrogens is 238 g/mol. The van der Waals surface area contributed by atoms with E-state index in [1.165, 1.54) is 0 Å². The predicted octanol–water partition coefficient (Wildman–Crippen LogP) is 2.65. The quantitative estimate of drug-likeness (QED) is 0.613. The fourth-order valence-electron chi connectivity index (χ4n) is 2.84. The highest BCUT2D eigenvalue weighted by Crippen LogP contribution is 2.39. The summed E-state index contributed by atoms with van der Waals surface area (Å²) in [4.78, 5) is 15.7. The summed E-state index contributed by atoms with van der Waals surface area (Å²) in [7, 11) is 0. The number of rotatable bonds is 3. The molecule has 0 bridgehead atoms. The highest BCUT2D eigenvalue weighted by molar-refractivity contribution is 6.41. The number of ketones is 1. The van der Waals surface area contributed by atoms with Crippen LogP contribution < -0.4 is 0 Å². The van der Waals surface area contributed by atoms with Crippen LogP contribution in [0.1, 0.15) is 37.7 Å². The van der Waals surface area contributed by atoms with E-state index >= 15 is 0 Å². The maximum absolute atomic E-state index is 12.6. The molecule has 1 aliphatic carbocycles. The SMILES string of the molecule is N#CCCC1(c2ccccc2)CCCC(=[N+]=[N-])C1=O. The van der Waals surface area contributed by atoms with Gasteiger partial charge in [0.1, 0.15) is 0 Å². The van der Waals surface area contributed by atoms with Crippen molar-refractivity contribution in [1.29, 1.82) is 5.26 Å². The third-order valence-corrected chi connectivity index (χ3v) is 3.82. The van der Waals surface area contributed by atoms with Crippen molar-refractivity contribution >= 4 is 11.5 Å². The molecule has 1 saturated carbocycles. The summed E-state index contributed by atoms with van der Waals surface area (Å²) in [6.07, 6.45) is 2.81. The summed E-state index contributed by atoms with van der Waals surface area (Å²) in [5.41, 5.74) is 9.41. The van der Waals surface area contributed by atoms with Gasteiger partial charge < -0.3 is 5.53 Å². The molecule has 2 rings (SSSR count). The first-order valence-corrected chi connectivity index (χ1v) is 6.43. The molecular formula is C15H15N3O. The van der Waals surface area contributed by atoms with E-state index in [4.69, 9.17) is 10.8 Å². The van der Waals surface area contributed by atoms with Crippen molar-refractivity contribution in [2.75, 3.05) is 0 Å². The molecule has 0 aromatic heterocycles. The molecule has 1 aromatic carbocycles. The molecule has 0 radical (unpaired) electrons. The number of hydrogen-bond acceptors (Lipinski definition) is 2. The Bertz CT molecular complexity index is 567. The Kier molecular flexibility index (Phi) is 3.89. The summed E-state index contributed by atoms with van der Waals surface area (Å²) in [5, 5.41) is 8.83. The standard InChI is InChI=1S/C15H15N3O/c16-11-5-10-15(12-6-2-1-3-7-12)9-4-8-13(18-17)14(15)19/h1-3,6-7H,4-5,8-10H2. The average molecular weight is 253 g/mol. The predicted molar refractivity (Wildman–Crippen MR) is 70.5 cm³/mol. The van der Waals surface area contributed by atoms with Crippen LogP contribution in [0.15, 0.2) is 30.3 Å². The van der Waals surface area contributed by atoms with Crippen molar-refractivity contribution in [1.82, 2.24) is 0 Å². The summed E-state index contributed by atoms with van der Waals surface area (Å²) < 4.78 is 0. The Morgan fingerprint density at radius 2 is 2.11 bits per heavy atom. The molecule has 19 heavy (non-hydrogen) atoms. The number of Topliss-reactive ketones (excluding diaryl/α,β-unsaturated/α-hetero) is 1. The molecule has 4 nitrogen and oxygen atoms in total. The van der Waals surface area contributed by atoms with Crippen molar-refractivity contribution in [3.05, 3.63) is 41.4 Å². The van der Waals surface area contributed by atoms with Crippen LogP contribution in [0.4, 0.5) is 0 Å². The fourth-order valence-corrected chi connectivity index (χ4v) is 2.84. The van der Waals surface area contributed by atoms with E-state index < -0.39 is 5.41 Å². The zero-order valence-electron chi connectivity index (χ0n) is 10.7. The van der Waals surface area contributed by atoms with Gasteiger partial charge in [0.2, 0.25) is 5.78 Å². The van der Waals surface area contributed by atoms with E-state index in [1.807, 2.05) is 30.3 Å². The van der Waals surface area contributed by atoms with Crippen molar-refractivity contribution in [2.24, 2.45) is 0 Å². The lowest BCUT2D eigenvalue weighted by Gasteiger charge is -2.33. The Labute approximate surface area is 112 Å². The number of hydrogen-bond donors (Lipinski definition) is 0. The largest absolute Gasteiger partial charge is 0.361 e. The van der Waals surface area contributed by atoms with Gasteiger partial charge in [-0.2, -0.15) is 10.1 Å². The summed E-state index contributed by atoms with van der Waals surface area (Å²) >= 11 is 0. The molecule has 0 N–H and O–H groups in total. The Morgan fingerprint density at radius 3 is 2.74 bits per heavy atom. The first-order chi connectivity index (χ1) is 9.24. The van der Waals surface area contributed by atoms with Crippen LogP contribution in [-0.4, -0.2) is 16.3 Å². The smallest absolute Gasteiger partial charge is 0.335 e. The maximum atomic E-state index is 12.6. The van der Waals surface area contributed by atoms with Crippen LogP contribution in [-0.2, 0) is 10.2 Å². The lowest BCUT2D eigenvalue weighted by atomic mass is 9.65. The minimum Gasteiger partial charge on any atom is -0.361 e. The summed E-state index contributed by atoms with van der Waals surface area (Å²) in [5.74, 6) is -0.136. The second-order valence-electron chi connectivity index (χ2n) is 4.84. The molecule has 1 aliphatic rings. The van der Waals surface area contributed by atoms with Gasteiger partial charge in [-0.15, -0.1) is 0 Å². The van der Waals surface area contributed by atoms with Crippen molar-refractivity contribution in [2.45, 2.75) is 37.5 Å². The monoisotopic (exact) mass is 253 g/mol. The molecule has 0 amide bonds. The van der Waals surface area contributed by atoms with E-state index in [2.05, 4.69) is 10.9 Å². The van der Waals surface area contributed by atoms with E-state index in [1.54, 1.807) is 0 Å². The zero-order valence-corrected chi connectivity index (χ0v) is 10.7. The number of nitriles is 1. The van der Waals surface area contributed by atoms with Gasteiger partial charge in [-0.25, -0.2) is 0 Å². The third kappa shape index (κ3) is 2.33. The van der Waals surface area contributed by atoms with Gasteiger partial charge >= 0.3 is 5.71 Å². The van der Waals surface area contributed by atoms with E-state index in [0.29, 0.717) is 25.7 Å². The molecule has 0 saturated heterocycles. The van der Waals surface area contributed by atoms with Crippen LogP contribution >= 0.6 is 0 Å². The van der Waals surface area contributed by atoms with Crippen LogP contribution in [0.5, 0.6) is 0 Å². The van der Waals surface area contributed by atoms with Gasteiger partial charge in [0.25, 0.3) is 0 Å². The van der Waals surface area contributed by atoms with Gasteiger partial charge in [-0.1, -0.05) is 30.3 Å². The van der Waals surface area contributed by atoms with Crippen LogP contribution in [0, 0.1) is 11.3 Å². The summed E-state index contributed by atoms with van der Waals surface area (Å²) in [6.45, 7) is 0. The molecule has 0 aliphatic heterocycles. The molecule has 0 heterocycles. The van der Waals surface area contributed by atoms with Crippen molar-refractivity contribution in [3.63, 3.8) is 0 Å². The van der Waals surface area contributed by atoms with Gasteiger partial charge in [0.05, 0.1) is 17.9 Å². The maximum Gasteiger partial charge on any atom is 0.335 e. The molecule has 1 fully saturated rings. The Hall–Kier alpha value is -2.24. The highest BCUT2D eigenvalue weighted by atomic mass is 16.1. The minimum absolute atomic E-state index is 0.136. The second kappa shape index (κ2) is 5.60. The second-order valence-corrected chi connectivity index (χ2v) is 4.84. The fraction of sp³-hybridized carbons (Fsp3) is 0.400. The Balaban J connectivity index is 2.49. The first-order valence-electron chi connectivity index (χ1n) is 6.43. The van der Waals surface area contributed by atoms with Gasteiger partial charge in [-0.3, -0.25) is 4.79 Å². The van der Waals surface area contributed by atoms with Crippen LogP contribution in [0.25, 0.3) is 5.53 Å². The molecule has 96 valence electrons. The highest BCUT2D eigenvalue weighted by Gasteiger charge is 2.47. The van der Waals surface area contributed by atoms with E-state index in [9.17, 15) is 4.79 Å². The zero-order chi connectivity index (χ0) is 13.7. The van der Waals surface area contributed by atoms with Gasteiger partial charge in [0, 0.05) is 6.42 Å². The number of nitrogens with zero attached hydrogens (tertiary/aromatic N) is 3. The van der Waals surface area contributed by atoms with Crippen molar-refractivity contribution < 1.29 is 9.58 Å². The van der Waals surface area contributed by atoms with Gasteiger partial charge in [-0.05, 0) is 24.8 Å². The molecule has 1 aromatic rings. The first kappa shape index (κ1) is 13.2. The topological polar surface area (TPSA) is 77.3 Å². The lowest BCUT2D eigenvalue weighted by Crippen LogP contribution is -2.44. The van der Waals surface area contributed by atoms with Gasteiger partial charge in [0.15, 0.2) is 0 Å². The number of carbonyl (C=O) groups excluding carboxylic acids is 1. The normalized spacial score (nSPS) is 22.7. The Morgan fingerprint density at radius 1 is 1.37 bits per heavy atom. The van der Waals surface area contributed by atoms with Crippen LogP contribution in [0.2, 0.25) is 0 Å². The van der Waals surface area contributed by atoms with E-state index in [0.717, 1.165) is 12.0 Å². The average Bonchev–Trinajstić information content (AvgIpc) is 2.47. The summed E-state index contributed by atoms with van der Waals surface area (Å²) in [6, 6.07) is 11.6. The lowest BCUT2D eigenvalue weighted by molar-refractivity contribution is -0.124. The molecule has 0 spiro atoms. The van der Waals surface area contributed by atoms with Crippen LogP contribution in [0.3, 0.4) is 0 Å². The molecule has 1 unspecified atom stereocenters. The molecule has 1 atom stereocenters. The molecule has 4 heteroatoms. The minimum atomic E-state index is -0.698. The van der Waals surface area contributed by atoms with Crippen molar-refractivity contribution in [3.8, 4) is 6.07 Å². The third-order valence-electron chi connectivity index (χ3n) is 3.82. The number of carbonyl (C=O) groups is 1. The number of benzene rings is 1.